The zero-order valence-electron chi connectivity index (χ0n) is 13.5. The SMILES string of the molecule is Cc1ccccc1C1(CNC(=O)[C@H]2CCN[C@@H](C)C2)CC1.Cl. The van der Waals surface area contributed by atoms with E-state index in [9.17, 15) is 4.79 Å². The van der Waals surface area contributed by atoms with Crippen molar-refractivity contribution in [1.82, 2.24) is 10.6 Å². The summed E-state index contributed by atoms with van der Waals surface area (Å²) in [6.45, 7) is 6.10. The maximum absolute atomic E-state index is 12.4. The molecule has 2 atom stereocenters. The van der Waals surface area contributed by atoms with Crippen LogP contribution < -0.4 is 10.6 Å². The second kappa shape index (κ2) is 7.01. The van der Waals surface area contributed by atoms with Gasteiger partial charge in [-0.15, -0.1) is 12.4 Å². The van der Waals surface area contributed by atoms with Crippen molar-refractivity contribution in [3.05, 3.63) is 35.4 Å². The standard InChI is InChI=1S/C18H26N2O.ClH/c1-13-5-3-4-6-16(13)18(8-9-18)12-20-17(21)15-7-10-19-14(2)11-15;/h3-6,14-15,19H,7-12H2,1-2H3,(H,20,21);1H/t14-,15-;/m0./s1. The highest BCUT2D eigenvalue weighted by atomic mass is 35.5. The second-order valence-electron chi connectivity index (χ2n) is 6.89. The Hall–Kier alpha value is -1.06. The summed E-state index contributed by atoms with van der Waals surface area (Å²) in [7, 11) is 0. The predicted octanol–water partition coefficient (Wildman–Crippen LogP) is 2.95. The van der Waals surface area contributed by atoms with E-state index in [0.717, 1.165) is 25.9 Å². The zero-order valence-corrected chi connectivity index (χ0v) is 14.3. The van der Waals surface area contributed by atoms with Gasteiger partial charge >= 0.3 is 0 Å². The Morgan fingerprint density at radius 3 is 2.73 bits per heavy atom. The van der Waals surface area contributed by atoms with Crippen LogP contribution in [0.4, 0.5) is 0 Å². The lowest BCUT2D eigenvalue weighted by Gasteiger charge is -2.28. The van der Waals surface area contributed by atoms with Gasteiger partial charge in [0.05, 0.1) is 0 Å². The van der Waals surface area contributed by atoms with Crippen LogP contribution in [0.15, 0.2) is 24.3 Å². The van der Waals surface area contributed by atoms with E-state index >= 15 is 0 Å². The van der Waals surface area contributed by atoms with E-state index in [1.165, 1.54) is 24.0 Å². The van der Waals surface area contributed by atoms with E-state index < -0.39 is 0 Å². The Balaban J connectivity index is 0.00000176. The average molecular weight is 323 g/mol. The molecule has 0 bridgehead atoms. The van der Waals surface area contributed by atoms with Gasteiger partial charge in [-0.25, -0.2) is 0 Å². The van der Waals surface area contributed by atoms with Gasteiger partial charge in [0.25, 0.3) is 0 Å². The molecule has 1 saturated carbocycles. The third-order valence-electron chi connectivity index (χ3n) is 5.17. The van der Waals surface area contributed by atoms with Crippen molar-refractivity contribution in [2.45, 2.75) is 51.0 Å². The number of hydrogen-bond donors (Lipinski definition) is 2. The maximum atomic E-state index is 12.4. The average Bonchev–Trinajstić information content (AvgIpc) is 3.26. The van der Waals surface area contributed by atoms with Crippen molar-refractivity contribution < 1.29 is 4.79 Å². The lowest BCUT2D eigenvalue weighted by molar-refractivity contribution is -0.126. The summed E-state index contributed by atoms with van der Waals surface area (Å²) in [5.41, 5.74) is 2.98. The monoisotopic (exact) mass is 322 g/mol. The van der Waals surface area contributed by atoms with Crippen molar-refractivity contribution in [2.24, 2.45) is 5.92 Å². The number of carbonyl (C=O) groups excluding carboxylic acids is 1. The van der Waals surface area contributed by atoms with Gasteiger partial charge in [0.1, 0.15) is 0 Å². The normalized spacial score (nSPS) is 25.9. The lowest BCUT2D eigenvalue weighted by atomic mass is 9.90. The Labute approximate surface area is 139 Å². The molecular weight excluding hydrogens is 296 g/mol. The van der Waals surface area contributed by atoms with Crippen molar-refractivity contribution in [3.63, 3.8) is 0 Å². The minimum absolute atomic E-state index is 0. The molecule has 2 aliphatic rings. The molecule has 22 heavy (non-hydrogen) atoms. The molecule has 0 radical (unpaired) electrons. The first-order valence-electron chi connectivity index (χ1n) is 8.18. The fourth-order valence-corrected chi connectivity index (χ4v) is 3.63. The van der Waals surface area contributed by atoms with Gasteiger partial charge in [-0.3, -0.25) is 4.79 Å². The van der Waals surface area contributed by atoms with E-state index in [0.29, 0.717) is 6.04 Å². The van der Waals surface area contributed by atoms with Crippen molar-refractivity contribution in [1.29, 1.82) is 0 Å². The molecule has 1 saturated heterocycles. The number of hydrogen-bond acceptors (Lipinski definition) is 2. The first-order valence-corrected chi connectivity index (χ1v) is 8.18. The topological polar surface area (TPSA) is 41.1 Å². The molecule has 3 nitrogen and oxygen atoms in total. The van der Waals surface area contributed by atoms with Gasteiger partial charge in [0, 0.05) is 23.9 Å². The molecule has 0 aromatic heterocycles. The number of amides is 1. The largest absolute Gasteiger partial charge is 0.355 e. The van der Waals surface area contributed by atoms with Crippen LogP contribution in [0.3, 0.4) is 0 Å². The van der Waals surface area contributed by atoms with Crippen LogP contribution in [-0.2, 0) is 10.2 Å². The molecule has 1 aromatic rings. The zero-order chi connectivity index (χ0) is 14.9. The Morgan fingerprint density at radius 2 is 2.09 bits per heavy atom. The van der Waals surface area contributed by atoms with Gasteiger partial charge in [0.2, 0.25) is 5.91 Å². The predicted molar refractivity (Wildman–Crippen MR) is 92.5 cm³/mol. The number of nitrogens with one attached hydrogen (secondary N) is 2. The van der Waals surface area contributed by atoms with Gasteiger partial charge in [0.15, 0.2) is 0 Å². The summed E-state index contributed by atoms with van der Waals surface area (Å²) < 4.78 is 0. The molecule has 1 aromatic carbocycles. The first-order chi connectivity index (χ1) is 10.1. The van der Waals surface area contributed by atoms with Crippen molar-refractivity contribution >= 4 is 18.3 Å². The first kappa shape index (κ1) is 17.3. The van der Waals surface area contributed by atoms with Crippen LogP contribution in [0, 0.1) is 12.8 Å². The molecule has 1 aliphatic carbocycles. The Kier molecular flexibility index (Phi) is 5.51. The quantitative estimate of drug-likeness (QED) is 0.895. The maximum Gasteiger partial charge on any atom is 0.223 e. The highest BCUT2D eigenvalue weighted by Gasteiger charge is 2.45. The number of carbonyl (C=O) groups is 1. The summed E-state index contributed by atoms with van der Waals surface area (Å²) in [5.74, 6) is 0.442. The number of piperidine rings is 1. The Bertz CT molecular complexity index is 528. The number of halogens is 1. The lowest BCUT2D eigenvalue weighted by Crippen LogP contribution is -2.44. The highest BCUT2D eigenvalue weighted by Crippen LogP contribution is 2.48. The van der Waals surface area contributed by atoms with Crippen molar-refractivity contribution in [3.8, 4) is 0 Å². The minimum Gasteiger partial charge on any atom is -0.355 e. The van der Waals surface area contributed by atoms with Crippen LogP contribution in [0.5, 0.6) is 0 Å². The van der Waals surface area contributed by atoms with Crippen LogP contribution in [-0.4, -0.2) is 25.0 Å². The molecule has 122 valence electrons. The summed E-state index contributed by atoms with van der Waals surface area (Å²) in [5, 5.41) is 6.64. The van der Waals surface area contributed by atoms with Gasteiger partial charge < -0.3 is 10.6 Å². The number of rotatable bonds is 4. The van der Waals surface area contributed by atoms with Crippen molar-refractivity contribution in [2.75, 3.05) is 13.1 Å². The van der Waals surface area contributed by atoms with Gasteiger partial charge in [-0.05, 0) is 57.2 Å². The van der Waals surface area contributed by atoms with Crippen LogP contribution in [0.25, 0.3) is 0 Å². The van der Waals surface area contributed by atoms with E-state index in [4.69, 9.17) is 0 Å². The molecule has 1 amide bonds. The second-order valence-corrected chi connectivity index (χ2v) is 6.89. The highest BCUT2D eigenvalue weighted by molar-refractivity contribution is 5.85. The van der Waals surface area contributed by atoms with E-state index in [1.54, 1.807) is 0 Å². The number of aryl methyl sites for hydroxylation is 1. The molecule has 1 heterocycles. The third kappa shape index (κ3) is 3.64. The minimum atomic E-state index is 0. The summed E-state index contributed by atoms with van der Waals surface area (Å²) >= 11 is 0. The molecule has 4 heteroatoms. The smallest absolute Gasteiger partial charge is 0.223 e. The van der Waals surface area contributed by atoms with E-state index in [1.807, 2.05) is 0 Å². The summed E-state index contributed by atoms with van der Waals surface area (Å²) in [6.07, 6.45) is 4.32. The van der Waals surface area contributed by atoms with Gasteiger partial charge in [-0.1, -0.05) is 24.3 Å². The fraction of sp³-hybridized carbons (Fsp3) is 0.611. The van der Waals surface area contributed by atoms with E-state index in [-0.39, 0.29) is 29.6 Å². The van der Waals surface area contributed by atoms with Gasteiger partial charge in [-0.2, -0.15) is 0 Å². The molecule has 2 fully saturated rings. The molecule has 1 aliphatic heterocycles. The van der Waals surface area contributed by atoms with Crippen LogP contribution in [0.1, 0.15) is 43.7 Å². The fourth-order valence-electron chi connectivity index (χ4n) is 3.63. The Morgan fingerprint density at radius 1 is 1.36 bits per heavy atom. The third-order valence-corrected chi connectivity index (χ3v) is 5.17. The molecule has 0 spiro atoms. The molecular formula is C18H27ClN2O. The van der Waals surface area contributed by atoms with Crippen LogP contribution >= 0.6 is 12.4 Å². The molecule has 3 rings (SSSR count). The molecule has 2 N–H and O–H groups in total. The van der Waals surface area contributed by atoms with Crippen LogP contribution in [0.2, 0.25) is 0 Å². The summed E-state index contributed by atoms with van der Waals surface area (Å²) in [6, 6.07) is 9.05. The number of benzene rings is 1. The summed E-state index contributed by atoms with van der Waals surface area (Å²) in [4.78, 5) is 12.4. The van der Waals surface area contributed by atoms with E-state index in [2.05, 4.69) is 48.7 Å². The molecule has 0 unspecified atom stereocenters.